The van der Waals surface area contributed by atoms with Crippen LogP contribution >= 0.6 is 0 Å². The molecule has 1 aliphatic rings. The van der Waals surface area contributed by atoms with Crippen LogP contribution in [-0.2, 0) is 0 Å². The third-order valence-corrected chi connectivity index (χ3v) is 2.86. The van der Waals surface area contributed by atoms with Crippen molar-refractivity contribution in [3.63, 3.8) is 0 Å². The van der Waals surface area contributed by atoms with Gasteiger partial charge in [0.05, 0.1) is 11.1 Å². The van der Waals surface area contributed by atoms with Crippen molar-refractivity contribution in [2.24, 2.45) is 0 Å². The summed E-state index contributed by atoms with van der Waals surface area (Å²) in [7, 11) is 1.39. The molecule has 0 fully saturated rings. The molecule has 6 nitrogen and oxygen atoms in total. The van der Waals surface area contributed by atoms with Gasteiger partial charge in [-0.1, -0.05) is 12.1 Å². The van der Waals surface area contributed by atoms with Crippen molar-refractivity contribution < 1.29 is 19.5 Å². The van der Waals surface area contributed by atoms with Gasteiger partial charge < -0.3 is 10.0 Å². The monoisotopic (exact) mass is 248 g/mol. The SMILES string of the molecule is CN(CCN1C(=O)c2ccccc2C1=O)C(=O)O. The molecule has 1 heterocycles. The van der Waals surface area contributed by atoms with E-state index >= 15 is 0 Å². The number of nitrogens with zero attached hydrogens (tertiary/aromatic N) is 2. The number of carbonyl (C=O) groups is 3. The highest BCUT2D eigenvalue weighted by molar-refractivity contribution is 6.21. The second-order valence-electron chi connectivity index (χ2n) is 4.01. The van der Waals surface area contributed by atoms with E-state index in [2.05, 4.69) is 0 Å². The lowest BCUT2D eigenvalue weighted by atomic mass is 10.1. The molecule has 0 radical (unpaired) electrons. The van der Waals surface area contributed by atoms with Crippen molar-refractivity contribution in [2.45, 2.75) is 0 Å². The maximum Gasteiger partial charge on any atom is 0.407 e. The molecular weight excluding hydrogens is 236 g/mol. The number of hydrogen-bond donors (Lipinski definition) is 1. The van der Waals surface area contributed by atoms with Gasteiger partial charge in [0.15, 0.2) is 0 Å². The molecule has 0 atom stereocenters. The molecule has 1 aliphatic heterocycles. The Kier molecular flexibility index (Phi) is 3.01. The Bertz CT molecular complexity index is 492. The molecule has 0 saturated heterocycles. The molecule has 0 bridgehead atoms. The number of carbonyl (C=O) groups excluding carboxylic acids is 2. The summed E-state index contributed by atoms with van der Waals surface area (Å²) in [6.45, 7) is 0.163. The Morgan fingerprint density at radius 3 is 2.17 bits per heavy atom. The largest absolute Gasteiger partial charge is 0.465 e. The molecule has 3 amide bonds. The predicted octanol–water partition coefficient (Wildman–Crippen LogP) is 0.892. The molecule has 1 N–H and O–H groups in total. The van der Waals surface area contributed by atoms with E-state index in [1.807, 2.05) is 0 Å². The van der Waals surface area contributed by atoms with E-state index < -0.39 is 6.09 Å². The van der Waals surface area contributed by atoms with Crippen LogP contribution in [0, 0.1) is 0 Å². The van der Waals surface area contributed by atoms with Crippen molar-refractivity contribution in [3.8, 4) is 0 Å². The first-order valence-electron chi connectivity index (χ1n) is 5.41. The summed E-state index contributed by atoms with van der Waals surface area (Å²) in [4.78, 5) is 36.6. The zero-order valence-electron chi connectivity index (χ0n) is 9.79. The van der Waals surface area contributed by atoms with Gasteiger partial charge >= 0.3 is 6.09 Å². The van der Waals surface area contributed by atoms with Crippen molar-refractivity contribution in [1.82, 2.24) is 9.80 Å². The lowest BCUT2D eigenvalue weighted by Gasteiger charge is -2.18. The van der Waals surface area contributed by atoms with E-state index in [-0.39, 0.29) is 24.9 Å². The smallest absolute Gasteiger partial charge is 0.407 e. The molecule has 6 heteroatoms. The maximum absolute atomic E-state index is 11.9. The third-order valence-electron chi connectivity index (χ3n) is 2.86. The minimum atomic E-state index is -1.09. The number of fused-ring (bicyclic) bond motifs is 1. The van der Waals surface area contributed by atoms with Gasteiger partial charge in [-0.3, -0.25) is 14.5 Å². The lowest BCUT2D eigenvalue weighted by Crippen LogP contribution is -2.38. The van der Waals surface area contributed by atoms with Gasteiger partial charge in [0.25, 0.3) is 11.8 Å². The summed E-state index contributed by atoms with van der Waals surface area (Å²) in [5, 5.41) is 8.70. The van der Waals surface area contributed by atoms with Gasteiger partial charge in [-0.2, -0.15) is 0 Å². The van der Waals surface area contributed by atoms with E-state index in [0.717, 1.165) is 9.80 Å². The zero-order valence-corrected chi connectivity index (χ0v) is 9.79. The molecule has 0 aromatic heterocycles. The average Bonchev–Trinajstić information content (AvgIpc) is 2.60. The van der Waals surface area contributed by atoms with Gasteiger partial charge in [0.1, 0.15) is 0 Å². The Morgan fingerprint density at radius 1 is 1.22 bits per heavy atom. The van der Waals surface area contributed by atoms with E-state index in [1.165, 1.54) is 7.05 Å². The van der Waals surface area contributed by atoms with Crippen molar-refractivity contribution >= 4 is 17.9 Å². The first-order valence-corrected chi connectivity index (χ1v) is 5.41. The van der Waals surface area contributed by atoms with E-state index in [4.69, 9.17) is 5.11 Å². The molecule has 1 aromatic rings. The van der Waals surface area contributed by atoms with Crippen LogP contribution in [0.3, 0.4) is 0 Å². The van der Waals surface area contributed by atoms with Crippen LogP contribution in [0.1, 0.15) is 20.7 Å². The Hall–Kier alpha value is -2.37. The Morgan fingerprint density at radius 2 is 1.72 bits per heavy atom. The van der Waals surface area contributed by atoms with Crippen molar-refractivity contribution in [2.75, 3.05) is 20.1 Å². The summed E-state index contributed by atoms with van der Waals surface area (Å²) >= 11 is 0. The molecule has 0 saturated carbocycles. The maximum atomic E-state index is 11.9. The van der Waals surface area contributed by atoms with Gasteiger partial charge in [-0.25, -0.2) is 4.79 Å². The van der Waals surface area contributed by atoms with Crippen LogP contribution in [0.2, 0.25) is 0 Å². The molecule has 2 rings (SSSR count). The van der Waals surface area contributed by atoms with E-state index in [1.54, 1.807) is 24.3 Å². The Balaban J connectivity index is 2.12. The predicted molar refractivity (Wildman–Crippen MR) is 62.5 cm³/mol. The fraction of sp³-hybridized carbons (Fsp3) is 0.250. The number of hydrogen-bond acceptors (Lipinski definition) is 3. The highest BCUT2D eigenvalue weighted by Crippen LogP contribution is 2.21. The van der Waals surface area contributed by atoms with E-state index in [0.29, 0.717) is 11.1 Å². The normalized spacial score (nSPS) is 13.7. The number of rotatable bonds is 3. The number of likely N-dealkylation sites (N-methyl/N-ethyl adjacent to an activating group) is 1. The van der Waals surface area contributed by atoms with Gasteiger partial charge in [-0.15, -0.1) is 0 Å². The van der Waals surface area contributed by atoms with Gasteiger partial charge in [0, 0.05) is 20.1 Å². The minimum Gasteiger partial charge on any atom is -0.465 e. The van der Waals surface area contributed by atoms with Crippen LogP contribution in [0.5, 0.6) is 0 Å². The number of imide groups is 1. The number of amides is 3. The summed E-state index contributed by atoms with van der Waals surface area (Å²) in [6, 6.07) is 6.57. The number of benzene rings is 1. The number of carboxylic acid groups (broad SMARTS) is 1. The average molecular weight is 248 g/mol. The molecule has 0 aliphatic carbocycles. The van der Waals surface area contributed by atoms with E-state index in [9.17, 15) is 14.4 Å². The summed E-state index contributed by atoms with van der Waals surface area (Å²) in [5.74, 6) is -0.733. The van der Waals surface area contributed by atoms with Crippen molar-refractivity contribution in [1.29, 1.82) is 0 Å². The quantitative estimate of drug-likeness (QED) is 0.806. The minimum absolute atomic E-state index is 0.0646. The second kappa shape index (κ2) is 4.48. The zero-order chi connectivity index (χ0) is 13.3. The third kappa shape index (κ3) is 1.92. The first kappa shape index (κ1) is 12.1. The highest BCUT2D eigenvalue weighted by atomic mass is 16.4. The highest BCUT2D eigenvalue weighted by Gasteiger charge is 2.34. The second-order valence-corrected chi connectivity index (χ2v) is 4.01. The molecule has 0 spiro atoms. The summed E-state index contributed by atoms with van der Waals surface area (Å²) < 4.78 is 0. The molecule has 0 unspecified atom stereocenters. The van der Waals surface area contributed by atoms with Crippen LogP contribution in [-0.4, -0.2) is 53.0 Å². The summed E-state index contributed by atoms with van der Waals surface area (Å²) in [5.41, 5.74) is 0.751. The Labute approximate surface area is 103 Å². The standard InChI is InChI=1S/C12H12N2O4/c1-13(12(17)18)6-7-14-10(15)8-4-2-3-5-9(8)11(14)16/h2-5H,6-7H2,1H3,(H,17,18). The summed E-state index contributed by atoms with van der Waals surface area (Å²) in [6.07, 6.45) is -1.09. The van der Waals surface area contributed by atoms with Crippen LogP contribution in [0.4, 0.5) is 4.79 Å². The molecular formula is C12H12N2O4. The molecule has 1 aromatic carbocycles. The first-order chi connectivity index (χ1) is 8.52. The van der Waals surface area contributed by atoms with Gasteiger partial charge in [0.2, 0.25) is 0 Å². The fourth-order valence-electron chi connectivity index (χ4n) is 1.79. The van der Waals surface area contributed by atoms with Crippen LogP contribution in [0.25, 0.3) is 0 Å². The van der Waals surface area contributed by atoms with Crippen LogP contribution in [0.15, 0.2) is 24.3 Å². The molecule has 18 heavy (non-hydrogen) atoms. The molecule has 94 valence electrons. The lowest BCUT2D eigenvalue weighted by molar-refractivity contribution is 0.0637. The topological polar surface area (TPSA) is 77.9 Å². The van der Waals surface area contributed by atoms with Gasteiger partial charge in [-0.05, 0) is 12.1 Å². The van der Waals surface area contributed by atoms with Crippen molar-refractivity contribution in [3.05, 3.63) is 35.4 Å². The fourth-order valence-corrected chi connectivity index (χ4v) is 1.79. The van der Waals surface area contributed by atoms with Crippen LogP contribution < -0.4 is 0 Å².